The third-order valence-electron chi connectivity index (χ3n) is 9.06. The van der Waals surface area contributed by atoms with Crippen LogP contribution in [0.4, 0.5) is 0 Å². The zero-order valence-corrected chi connectivity index (χ0v) is 34.7. The zero-order valence-electron chi connectivity index (χ0n) is 34.7. The molecule has 0 heterocycles. The van der Waals surface area contributed by atoms with Crippen LogP contribution in [0.5, 0.6) is 0 Å². The number of aliphatic hydroxyl groups excluding tert-OH is 1. The number of ether oxygens (including phenoxy) is 5. The first-order valence-corrected chi connectivity index (χ1v) is 21.3. The van der Waals surface area contributed by atoms with Gasteiger partial charge >= 0.3 is 29.8 Å². The minimum atomic E-state index is -1.36. The van der Waals surface area contributed by atoms with Crippen molar-refractivity contribution in [2.75, 3.05) is 39.6 Å². The molecule has 0 radical (unpaired) electrons. The van der Waals surface area contributed by atoms with Gasteiger partial charge in [-0.15, -0.1) is 0 Å². The highest BCUT2D eigenvalue weighted by atomic mass is 16.6. The van der Waals surface area contributed by atoms with Gasteiger partial charge in [0.15, 0.2) is 0 Å². The third kappa shape index (κ3) is 33.8. The average molecular weight is 795 g/mol. The van der Waals surface area contributed by atoms with Gasteiger partial charge in [0.2, 0.25) is 0 Å². The number of hydrogen-bond acceptors (Lipinski definition) is 12. The summed E-state index contributed by atoms with van der Waals surface area (Å²) in [5, 5.41) is 10.4. The maximum atomic E-state index is 12.6. The number of esters is 5. The fourth-order valence-electron chi connectivity index (χ4n) is 5.41. The van der Waals surface area contributed by atoms with Crippen LogP contribution in [0, 0.1) is 5.41 Å². The molecule has 0 aliphatic heterocycles. The molecule has 0 aromatic carbocycles. The van der Waals surface area contributed by atoms with Gasteiger partial charge in [-0.25, -0.2) is 0 Å². The van der Waals surface area contributed by atoms with Crippen molar-refractivity contribution in [2.45, 2.75) is 174 Å². The van der Waals surface area contributed by atoms with E-state index in [1.807, 2.05) is 12.2 Å². The Balaban J connectivity index is 4.66. The predicted molar refractivity (Wildman–Crippen MR) is 215 cm³/mol. The van der Waals surface area contributed by atoms with Gasteiger partial charge in [0, 0.05) is 38.5 Å². The van der Waals surface area contributed by atoms with E-state index in [2.05, 4.69) is 26.0 Å². The van der Waals surface area contributed by atoms with Crippen molar-refractivity contribution in [1.82, 2.24) is 0 Å². The Bertz CT molecular complexity index is 1040. The summed E-state index contributed by atoms with van der Waals surface area (Å²) in [6.45, 7) is 3.46. The second-order valence-corrected chi connectivity index (χ2v) is 14.5. The third-order valence-corrected chi connectivity index (χ3v) is 9.06. The van der Waals surface area contributed by atoms with E-state index in [0.717, 1.165) is 19.1 Å². The van der Waals surface area contributed by atoms with Gasteiger partial charge in [-0.2, -0.15) is 0 Å². The number of aldehydes is 1. The van der Waals surface area contributed by atoms with Crippen molar-refractivity contribution < 1.29 is 57.6 Å². The number of rotatable bonds is 39. The summed E-state index contributed by atoms with van der Waals surface area (Å²) < 4.78 is 26.9. The lowest BCUT2D eigenvalue weighted by Gasteiger charge is -2.30. The Morgan fingerprint density at radius 1 is 0.429 bits per heavy atom. The largest absolute Gasteiger partial charge is 0.465 e. The molecule has 0 saturated carbocycles. The number of aliphatic hydroxyl groups is 1. The quantitative estimate of drug-likeness (QED) is 0.0207. The van der Waals surface area contributed by atoms with Crippen LogP contribution < -0.4 is 0 Å². The first-order valence-electron chi connectivity index (χ1n) is 21.3. The van der Waals surface area contributed by atoms with Crippen LogP contribution in [-0.2, 0) is 52.5 Å². The molecule has 0 aliphatic rings. The van der Waals surface area contributed by atoms with Crippen LogP contribution in [0.1, 0.15) is 174 Å². The minimum absolute atomic E-state index is 0.0868. The molecule has 0 fully saturated rings. The molecule has 12 nitrogen and oxygen atoms in total. The molecule has 0 aromatic rings. The van der Waals surface area contributed by atoms with Crippen LogP contribution in [-0.4, -0.2) is 80.9 Å². The van der Waals surface area contributed by atoms with E-state index in [0.29, 0.717) is 90.3 Å². The van der Waals surface area contributed by atoms with Crippen LogP contribution >= 0.6 is 0 Å². The Labute approximate surface area is 336 Å². The molecular formula is C44H74O12. The van der Waals surface area contributed by atoms with Crippen molar-refractivity contribution >= 4 is 36.1 Å². The van der Waals surface area contributed by atoms with Crippen molar-refractivity contribution in [1.29, 1.82) is 0 Å². The van der Waals surface area contributed by atoms with Crippen molar-refractivity contribution in [3.05, 3.63) is 24.3 Å². The van der Waals surface area contributed by atoms with Gasteiger partial charge in [0.1, 0.15) is 26.1 Å². The van der Waals surface area contributed by atoms with Crippen molar-refractivity contribution in [3.8, 4) is 0 Å². The monoisotopic (exact) mass is 795 g/mol. The van der Waals surface area contributed by atoms with Gasteiger partial charge < -0.3 is 33.6 Å². The topological polar surface area (TPSA) is 169 Å². The smallest absolute Gasteiger partial charge is 0.305 e. The fourth-order valence-corrected chi connectivity index (χ4v) is 5.41. The second-order valence-electron chi connectivity index (χ2n) is 14.5. The highest BCUT2D eigenvalue weighted by Gasteiger charge is 2.35. The number of allylic oxidation sites excluding steroid dienone is 2. The summed E-state index contributed by atoms with van der Waals surface area (Å²) in [6, 6.07) is 0. The van der Waals surface area contributed by atoms with Gasteiger partial charge in [-0.05, 0) is 77.0 Å². The van der Waals surface area contributed by atoms with E-state index in [4.69, 9.17) is 23.7 Å². The summed E-state index contributed by atoms with van der Waals surface area (Å²) in [5.41, 5.74) is -1.36. The molecule has 12 heteroatoms. The van der Waals surface area contributed by atoms with Gasteiger partial charge in [0.05, 0.1) is 25.2 Å². The summed E-state index contributed by atoms with van der Waals surface area (Å²) in [6.07, 6.45) is 26.2. The number of carbonyl (C=O) groups excluding carboxylic acids is 6. The lowest BCUT2D eigenvalue weighted by molar-refractivity contribution is -0.165. The molecule has 0 spiro atoms. The Kier molecular flexibility index (Phi) is 35.9. The summed E-state index contributed by atoms with van der Waals surface area (Å²) >= 11 is 0. The second kappa shape index (κ2) is 38.3. The van der Waals surface area contributed by atoms with E-state index >= 15 is 0 Å². The lowest BCUT2D eigenvalue weighted by atomic mass is 9.92. The SMILES string of the molecule is CCCCC/C=C\CCOC(=O)CCCCCC(=O)OCC(CO)(COC(=O)CCCCCC=O)COC(=O)CCCCCC(=O)OCC/C=C\CCCCC. The van der Waals surface area contributed by atoms with Crippen molar-refractivity contribution in [3.63, 3.8) is 0 Å². The Hall–Kier alpha value is -3.54. The van der Waals surface area contributed by atoms with E-state index < -0.39 is 29.9 Å². The molecule has 322 valence electrons. The highest BCUT2D eigenvalue weighted by Crippen LogP contribution is 2.21. The zero-order chi connectivity index (χ0) is 41.4. The molecule has 0 bridgehead atoms. The van der Waals surface area contributed by atoms with Gasteiger partial charge in [-0.3, -0.25) is 24.0 Å². The standard InChI is InChI=1S/C44H74O12/c1-3-5-7-9-11-15-25-33-52-39(47)27-20-17-22-30-42(50)55-37-44(35-46,36-54-41(49)29-19-13-14-24-32-45)38-56-43(51)31-23-18-21-28-40(48)53-34-26-16-12-10-8-6-4-2/h11-12,15-16,32,46H,3-10,13-14,17-31,33-38H2,1-2H3/b15-11-,16-12-. The fraction of sp³-hybridized carbons (Fsp3) is 0.773. The molecule has 0 rings (SSSR count). The van der Waals surface area contributed by atoms with Crippen molar-refractivity contribution in [2.24, 2.45) is 5.41 Å². The Morgan fingerprint density at radius 3 is 1.09 bits per heavy atom. The van der Waals surface area contributed by atoms with Crippen LogP contribution in [0.15, 0.2) is 24.3 Å². The molecule has 0 atom stereocenters. The molecule has 0 unspecified atom stereocenters. The van der Waals surface area contributed by atoms with Crippen LogP contribution in [0.3, 0.4) is 0 Å². The van der Waals surface area contributed by atoms with Crippen LogP contribution in [0.25, 0.3) is 0 Å². The minimum Gasteiger partial charge on any atom is -0.465 e. The number of unbranched alkanes of at least 4 members (excludes halogenated alkanes) is 13. The predicted octanol–water partition coefficient (Wildman–Crippen LogP) is 8.78. The lowest BCUT2D eigenvalue weighted by Crippen LogP contribution is -2.42. The molecule has 0 amide bonds. The maximum absolute atomic E-state index is 12.6. The summed E-state index contributed by atoms with van der Waals surface area (Å²) in [4.78, 5) is 72.1. The van der Waals surface area contributed by atoms with Crippen LogP contribution in [0.2, 0.25) is 0 Å². The molecular weight excluding hydrogens is 720 g/mol. The average Bonchev–Trinajstić information content (AvgIpc) is 3.19. The first-order chi connectivity index (χ1) is 27.2. The normalized spacial score (nSPS) is 11.5. The highest BCUT2D eigenvalue weighted by molar-refractivity contribution is 5.71. The summed E-state index contributed by atoms with van der Waals surface area (Å²) in [7, 11) is 0. The summed E-state index contributed by atoms with van der Waals surface area (Å²) in [5.74, 6) is -2.10. The Morgan fingerprint density at radius 2 is 0.750 bits per heavy atom. The number of carbonyl (C=O) groups is 6. The van der Waals surface area contributed by atoms with Gasteiger partial charge in [-0.1, -0.05) is 83.1 Å². The molecule has 0 aliphatic carbocycles. The molecule has 56 heavy (non-hydrogen) atoms. The molecule has 0 aromatic heterocycles. The number of hydrogen-bond donors (Lipinski definition) is 1. The van der Waals surface area contributed by atoms with E-state index in [1.54, 1.807) is 0 Å². The molecule has 1 N–H and O–H groups in total. The molecule has 0 saturated heterocycles. The maximum Gasteiger partial charge on any atom is 0.305 e. The van der Waals surface area contributed by atoms with E-state index in [9.17, 15) is 33.9 Å². The van der Waals surface area contributed by atoms with E-state index in [-0.39, 0.29) is 63.9 Å². The first kappa shape index (κ1) is 52.5. The van der Waals surface area contributed by atoms with E-state index in [1.165, 1.54) is 38.5 Å². The van der Waals surface area contributed by atoms with Gasteiger partial charge in [0.25, 0.3) is 0 Å².